The molecule has 2 N–H and O–H groups in total. The molecule has 106 valence electrons. The van der Waals surface area contributed by atoms with Crippen LogP contribution < -0.4 is 5.73 Å². The Labute approximate surface area is 128 Å². The van der Waals surface area contributed by atoms with Gasteiger partial charge in [-0.3, -0.25) is 0 Å². The summed E-state index contributed by atoms with van der Waals surface area (Å²) in [6, 6.07) is 18.9. The third-order valence-corrected chi connectivity index (χ3v) is 3.97. The molecule has 1 unspecified atom stereocenters. The van der Waals surface area contributed by atoms with Gasteiger partial charge in [-0.25, -0.2) is 4.39 Å². The molecule has 21 heavy (non-hydrogen) atoms. The minimum atomic E-state index is -0.403. The Bertz CT molecular complexity index is 780. The Morgan fingerprint density at radius 2 is 1.76 bits per heavy atom. The van der Waals surface area contributed by atoms with E-state index in [1.807, 2.05) is 30.3 Å². The van der Waals surface area contributed by atoms with Gasteiger partial charge in [0.25, 0.3) is 0 Å². The van der Waals surface area contributed by atoms with Crippen LogP contribution in [0.15, 0.2) is 60.7 Å². The van der Waals surface area contributed by atoms with Crippen molar-refractivity contribution in [1.82, 2.24) is 0 Å². The zero-order chi connectivity index (χ0) is 14.8. The van der Waals surface area contributed by atoms with Gasteiger partial charge in [0.15, 0.2) is 0 Å². The molecule has 3 aromatic rings. The Morgan fingerprint density at radius 3 is 2.57 bits per heavy atom. The van der Waals surface area contributed by atoms with Gasteiger partial charge in [-0.05, 0) is 40.5 Å². The van der Waals surface area contributed by atoms with Crippen molar-refractivity contribution in [1.29, 1.82) is 0 Å². The maximum atomic E-state index is 13.5. The monoisotopic (exact) mass is 299 g/mol. The molecule has 0 heterocycles. The number of hydrogen-bond acceptors (Lipinski definition) is 1. The summed E-state index contributed by atoms with van der Waals surface area (Å²) in [6.07, 6.45) is 0.572. The van der Waals surface area contributed by atoms with Crippen molar-refractivity contribution < 1.29 is 4.39 Å². The number of fused-ring (bicyclic) bond motifs is 1. The Morgan fingerprint density at radius 1 is 1.00 bits per heavy atom. The van der Waals surface area contributed by atoms with Crippen molar-refractivity contribution in [3.05, 3.63) is 82.6 Å². The number of rotatable bonds is 3. The van der Waals surface area contributed by atoms with Crippen LogP contribution in [0.4, 0.5) is 4.39 Å². The second kappa shape index (κ2) is 5.84. The molecule has 3 heteroatoms. The number of benzene rings is 3. The van der Waals surface area contributed by atoms with E-state index in [-0.39, 0.29) is 11.1 Å². The molecule has 1 nitrogen and oxygen atoms in total. The lowest BCUT2D eigenvalue weighted by Crippen LogP contribution is -2.13. The van der Waals surface area contributed by atoms with Crippen LogP contribution >= 0.6 is 11.6 Å². The lowest BCUT2D eigenvalue weighted by Gasteiger charge is -2.15. The van der Waals surface area contributed by atoms with E-state index in [9.17, 15) is 4.39 Å². The summed E-state index contributed by atoms with van der Waals surface area (Å²) < 4.78 is 13.5. The van der Waals surface area contributed by atoms with Gasteiger partial charge >= 0.3 is 0 Å². The summed E-state index contributed by atoms with van der Waals surface area (Å²) in [5.41, 5.74) is 8.24. The fraction of sp³-hybridized carbons (Fsp3) is 0.111. The van der Waals surface area contributed by atoms with Crippen LogP contribution in [0.3, 0.4) is 0 Å². The molecule has 0 saturated heterocycles. The van der Waals surface area contributed by atoms with Gasteiger partial charge in [-0.15, -0.1) is 0 Å². The minimum Gasteiger partial charge on any atom is -0.324 e. The molecule has 0 aliphatic rings. The number of nitrogens with two attached hydrogens (primary N) is 1. The molecule has 0 saturated carbocycles. The van der Waals surface area contributed by atoms with Gasteiger partial charge in [-0.1, -0.05) is 60.1 Å². The summed E-state index contributed by atoms with van der Waals surface area (Å²) >= 11 is 5.71. The first kappa shape index (κ1) is 14.1. The lowest BCUT2D eigenvalue weighted by molar-refractivity contribution is 0.622. The quantitative estimate of drug-likeness (QED) is 0.733. The van der Waals surface area contributed by atoms with Crippen molar-refractivity contribution in [2.45, 2.75) is 12.5 Å². The first-order chi connectivity index (χ1) is 10.1. The van der Waals surface area contributed by atoms with E-state index in [4.69, 9.17) is 17.3 Å². The second-order valence-corrected chi connectivity index (χ2v) is 5.53. The molecule has 0 aromatic heterocycles. The van der Waals surface area contributed by atoms with Crippen molar-refractivity contribution >= 4 is 22.4 Å². The van der Waals surface area contributed by atoms with E-state index in [1.165, 1.54) is 6.07 Å². The van der Waals surface area contributed by atoms with E-state index < -0.39 is 5.82 Å². The molecule has 3 aromatic carbocycles. The van der Waals surface area contributed by atoms with Crippen molar-refractivity contribution in [2.24, 2.45) is 5.73 Å². The molecule has 0 aliphatic heterocycles. The topological polar surface area (TPSA) is 26.0 Å². The summed E-state index contributed by atoms with van der Waals surface area (Å²) in [5, 5.41) is 2.44. The molecule has 0 aliphatic carbocycles. The van der Waals surface area contributed by atoms with Crippen LogP contribution in [0, 0.1) is 5.82 Å². The predicted molar refractivity (Wildman–Crippen MR) is 86.0 cm³/mol. The smallest absolute Gasteiger partial charge is 0.142 e. The SMILES string of the molecule is NC(Cc1ccc(Cl)c(F)c1)c1cccc2ccccc12. The van der Waals surface area contributed by atoms with E-state index in [0.717, 1.165) is 21.9 Å². The van der Waals surface area contributed by atoms with Crippen LogP contribution in [-0.2, 0) is 6.42 Å². The van der Waals surface area contributed by atoms with E-state index in [0.29, 0.717) is 6.42 Å². The zero-order valence-corrected chi connectivity index (χ0v) is 12.1. The molecule has 0 bridgehead atoms. The molecule has 0 spiro atoms. The second-order valence-electron chi connectivity index (χ2n) is 5.13. The Balaban J connectivity index is 1.93. The molecule has 0 amide bonds. The minimum absolute atomic E-state index is 0.137. The average Bonchev–Trinajstić information content (AvgIpc) is 2.50. The van der Waals surface area contributed by atoms with Gasteiger partial charge < -0.3 is 5.73 Å². The Hall–Kier alpha value is -1.90. The third-order valence-electron chi connectivity index (χ3n) is 3.66. The van der Waals surface area contributed by atoms with Gasteiger partial charge in [0.05, 0.1) is 5.02 Å². The van der Waals surface area contributed by atoms with Gasteiger partial charge in [0, 0.05) is 6.04 Å². The van der Waals surface area contributed by atoms with Crippen molar-refractivity contribution in [2.75, 3.05) is 0 Å². The van der Waals surface area contributed by atoms with E-state index >= 15 is 0 Å². The highest BCUT2D eigenvalue weighted by Crippen LogP contribution is 2.26. The summed E-state index contributed by atoms with van der Waals surface area (Å²) in [7, 11) is 0. The standard InChI is InChI=1S/C18H15ClFN/c19-16-9-8-12(10-17(16)20)11-18(21)15-7-3-5-13-4-1-2-6-14(13)15/h1-10,18H,11,21H2. The van der Waals surface area contributed by atoms with E-state index in [1.54, 1.807) is 6.07 Å². The predicted octanol–water partition coefficient (Wildman–Crippen LogP) is 4.87. The van der Waals surface area contributed by atoms with Gasteiger partial charge in [-0.2, -0.15) is 0 Å². The van der Waals surface area contributed by atoms with Crippen molar-refractivity contribution in [3.8, 4) is 0 Å². The molecule has 0 fully saturated rings. The van der Waals surface area contributed by atoms with Crippen LogP contribution in [0.25, 0.3) is 10.8 Å². The number of hydrogen-bond donors (Lipinski definition) is 1. The summed E-state index contributed by atoms with van der Waals surface area (Å²) in [6.45, 7) is 0. The number of halogens is 2. The summed E-state index contributed by atoms with van der Waals surface area (Å²) in [5.74, 6) is -0.403. The van der Waals surface area contributed by atoms with Gasteiger partial charge in [0.2, 0.25) is 0 Å². The molecule has 1 atom stereocenters. The fourth-order valence-corrected chi connectivity index (χ4v) is 2.72. The maximum absolute atomic E-state index is 13.5. The fourth-order valence-electron chi connectivity index (χ4n) is 2.60. The zero-order valence-electron chi connectivity index (χ0n) is 11.4. The van der Waals surface area contributed by atoms with E-state index in [2.05, 4.69) is 18.2 Å². The summed E-state index contributed by atoms with van der Waals surface area (Å²) in [4.78, 5) is 0. The normalized spacial score (nSPS) is 12.5. The largest absolute Gasteiger partial charge is 0.324 e. The highest BCUT2D eigenvalue weighted by molar-refractivity contribution is 6.30. The van der Waals surface area contributed by atoms with Crippen molar-refractivity contribution in [3.63, 3.8) is 0 Å². The van der Waals surface area contributed by atoms with Crippen LogP contribution in [-0.4, -0.2) is 0 Å². The molecular weight excluding hydrogens is 285 g/mol. The first-order valence-electron chi connectivity index (χ1n) is 6.82. The van der Waals surface area contributed by atoms with Gasteiger partial charge in [0.1, 0.15) is 5.82 Å². The lowest BCUT2D eigenvalue weighted by atomic mass is 9.95. The molecule has 0 radical (unpaired) electrons. The Kier molecular flexibility index (Phi) is 3.91. The first-order valence-corrected chi connectivity index (χ1v) is 7.20. The van der Waals surface area contributed by atoms with Crippen LogP contribution in [0.5, 0.6) is 0 Å². The molecule has 3 rings (SSSR count). The van der Waals surface area contributed by atoms with Crippen LogP contribution in [0.1, 0.15) is 17.2 Å². The average molecular weight is 300 g/mol. The van der Waals surface area contributed by atoms with Crippen LogP contribution in [0.2, 0.25) is 5.02 Å². The maximum Gasteiger partial charge on any atom is 0.142 e. The highest BCUT2D eigenvalue weighted by Gasteiger charge is 2.11. The highest BCUT2D eigenvalue weighted by atomic mass is 35.5. The third kappa shape index (κ3) is 2.92. The molecular formula is C18H15ClFN.